The predicted molar refractivity (Wildman–Crippen MR) is 85.2 cm³/mol. The Labute approximate surface area is 123 Å². The smallest absolute Gasteiger partial charge is 0.0556 e. The van der Waals surface area contributed by atoms with Gasteiger partial charge in [0, 0.05) is 9.79 Å². The molecule has 3 heteroatoms. The molecule has 1 heterocycles. The minimum absolute atomic E-state index is 0. The van der Waals surface area contributed by atoms with Crippen LogP contribution in [0.1, 0.15) is 11.1 Å². The van der Waals surface area contributed by atoms with Gasteiger partial charge in [-0.3, -0.25) is 0 Å². The average Bonchev–Trinajstić information content (AvgIpc) is 2.28. The van der Waals surface area contributed by atoms with E-state index in [-0.39, 0.29) is 24.0 Å². The maximum atomic E-state index is 3.56. The van der Waals surface area contributed by atoms with Crippen molar-refractivity contribution >= 4 is 47.1 Å². The first-order valence-electron chi connectivity index (χ1n) is 5.40. The van der Waals surface area contributed by atoms with E-state index in [1.807, 2.05) is 11.8 Å². The van der Waals surface area contributed by atoms with Gasteiger partial charge in [-0.2, -0.15) is 0 Å². The number of aryl methyl sites for hydroxylation is 2. The number of hydrogen-bond donors (Lipinski definition) is 1. The van der Waals surface area contributed by atoms with Gasteiger partial charge in [0.1, 0.15) is 0 Å². The van der Waals surface area contributed by atoms with E-state index in [4.69, 9.17) is 0 Å². The lowest BCUT2D eigenvalue weighted by atomic mass is 10.1. The van der Waals surface area contributed by atoms with Crippen LogP contribution in [0.15, 0.2) is 46.2 Å². The number of rotatable bonds is 0. The van der Waals surface area contributed by atoms with E-state index in [1.165, 1.54) is 32.3 Å². The van der Waals surface area contributed by atoms with Crippen LogP contribution in [-0.4, -0.2) is 0 Å². The average molecular weight is 355 g/mol. The summed E-state index contributed by atoms with van der Waals surface area (Å²) in [5.41, 5.74) is 5.13. The monoisotopic (exact) mass is 355 g/mol. The number of para-hydroxylation sites is 2. The van der Waals surface area contributed by atoms with Gasteiger partial charge in [0.2, 0.25) is 0 Å². The summed E-state index contributed by atoms with van der Waals surface area (Å²) in [5, 5.41) is 3.56. The summed E-state index contributed by atoms with van der Waals surface area (Å²) >= 11 is 1.85. The Morgan fingerprint density at radius 3 is 1.76 bits per heavy atom. The molecule has 88 valence electrons. The summed E-state index contributed by atoms with van der Waals surface area (Å²) in [4.78, 5) is 2.64. The first-order valence-corrected chi connectivity index (χ1v) is 6.21. The van der Waals surface area contributed by atoms with Crippen molar-refractivity contribution < 1.29 is 0 Å². The molecule has 1 N–H and O–H groups in total. The Morgan fingerprint density at radius 1 is 0.824 bits per heavy atom. The largest absolute Gasteiger partial charge is 0.353 e. The molecule has 0 unspecified atom stereocenters. The molecule has 0 fully saturated rings. The second-order valence-electron chi connectivity index (χ2n) is 4.12. The van der Waals surface area contributed by atoms with Crippen LogP contribution in [0.2, 0.25) is 0 Å². The topological polar surface area (TPSA) is 12.0 Å². The Kier molecular flexibility index (Phi) is 3.68. The fraction of sp³-hybridized carbons (Fsp3) is 0.143. The summed E-state index contributed by atoms with van der Waals surface area (Å²) < 4.78 is 0. The molecule has 0 saturated carbocycles. The highest BCUT2D eigenvalue weighted by Crippen LogP contribution is 2.46. The molecule has 17 heavy (non-hydrogen) atoms. The van der Waals surface area contributed by atoms with Crippen LogP contribution < -0.4 is 5.32 Å². The molecular formula is C14H14INS. The van der Waals surface area contributed by atoms with Gasteiger partial charge >= 0.3 is 0 Å². The summed E-state index contributed by atoms with van der Waals surface area (Å²) in [7, 11) is 0. The van der Waals surface area contributed by atoms with Gasteiger partial charge < -0.3 is 5.32 Å². The lowest BCUT2D eigenvalue weighted by Gasteiger charge is -2.23. The van der Waals surface area contributed by atoms with E-state index in [0.29, 0.717) is 0 Å². The van der Waals surface area contributed by atoms with Gasteiger partial charge in [0.15, 0.2) is 0 Å². The zero-order valence-electron chi connectivity index (χ0n) is 9.78. The summed E-state index contributed by atoms with van der Waals surface area (Å²) in [6.07, 6.45) is 0. The number of halogens is 1. The van der Waals surface area contributed by atoms with Gasteiger partial charge in [-0.1, -0.05) is 36.0 Å². The number of fused-ring (bicyclic) bond motifs is 2. The van der Waals surface area contributed by atoms with Gasteiger partial charge in [-0.15, -0.1) is 24.0 Å². The van der Waals surface area contributed by atoms with E-state index >= 15 is 0 Å². The van der Waals surface area contributed by atoms with Crippen molar-refractivity contribution in [2.24, 2.45) is 0 Å². The molecule has 1 nitrogen and oxygen atoms in total. The van der Waals surface area contributed by atoms with Crippen molar-refractivity contribution in [1.82, 2.24) is 0 Å². The molecule has 0 aromatic heterocycles. The summed E-state index contributed by atoms with van der Waals surface area (Å²) in [5.74, 6) is 0. The highest BCUT2D eigenvalue weighted by molar-refractivity contribution is 14.0. The van der Waals surface area contributed by atoms with Crippen LogP contribution in [0.25, 0.3) is 0 Å². The fourth-order valence-corrected chi connectivity index (χ4v) is 3.17. The quantitative estimate of drug-likeness (QED) is 0.561. The maximum absolute atomic E-state index is 3.56. The molecule has 0 saturated heterocycles. The van der Waals surface area contributed by atoms with Crippen molar-refractivity contribution in [2.45, 2.75) is 23.6 Å². The van der Waals surface area contributed by atoms with Crippen LogP contribution >= 0.6 is 35.7 Å². The SMILES string of the molecule is Cc1cccc2c1Nc1c(C)cccc1S2.I. The molecule has 1 aliphatic rings. The molecule has 3 rings (SSSR count). The van der Waals surface area contributed by atoms with Crippen molar-refractivity contribution in [3.05, 3.63) is 47.5 Å². The molecule has 2 aromatic carbocycles. The Morgan fingerprint density at radius 2 is 1.29 bits per heavy atom. The molecular weight excluding hydrogens is 341 g/mol. The molecule has 0 spiro atoms. The minimum atomic E-state index is 0. The Balaban J connectivity index is 0.00000108. The number of benzene rings is 2. The molecule has 0 bridgehead atoms. The molecule has 2 aromatic rings. The zero-order chi connectivity index (χ0) is 11.1. The number of anilines is 2. The minimum Gasteiger partial charge on any atom is -0.353 e. The molecule has 1 aliphatic heterocycles. The normalized spacial score (nSPS) is 11.9. The van der Waals surface area contributed by atoms with Crippen molar-refractivity contribution in [3.8, 4) is 0 Å². The van der Waals surface area contributed by atoms with Gasteiger partial charge in [-0.25, -0.2) is 0 Å². The number of hydrogen-bond acceptors (Lipinski definition) is 2. The van der Waals surface area contributed by atoms with E-state index in [2.05, 4.69) is 55.6 Å². The lowest BCUT2D eigenvalue weighted by Crippen LogP contribution is -2.03. The van der Waals surface area contributed by atoms with E-state index < -0.39 is 0 Å². The predicted octanol–water partition coefficient (Wildman–Crippen LogP) is 5.13. The number of nitrogens with one attached hydrogen (secondary N) is 1. The second kappa shape index (κ2) is 4.90. The molecule has 0 radical (unpaired) electrons. The molecule has 0 atom stereocenters. The highest BCUT2D eigenvalue weighted by atomic mass is 127. The van der Waals surface area contributed by atoms with E-state index in [0.717, 1.165) is 0 Å². The third-order valence-corrected chi connectivity index (χ3v) is 4.06. The second-order valence-corrected chi connectivity index (χ2v) is 5.21. The summed E-state index contributed by atoms with van der Waals surface area (Å²) in [6.45, 7) is 4.30. The van der Waals surface area contributed by atoms with Crippen molar-refractivity contribution in [1.29, 1.82) is 0 Å². The first-order chi connectivity index (χ1) is 7.75. The van der Waals surface area contributed by atoms with Crippen molar-refractivity contribution in [2.75, 3.05) is 5.32 Å². The highest BCUT2D eigenvalue weighted by Gasteiger charge is 2.17. The van der Waals surface area contributed by atoms with Gasteiger partial charge in [-0.05, 0) is 37.1 Å². The van der Waals surface area contributed by atoms with Crippen LogP contribution in [0.5, 0.6) is 0 Å². The Bertz CT molecular complexity index is 517. The zero-order valence-corrected chi connectivity index (χ0v) is 12.9. The molecule has 0 aliphatic carbocycles. The third-order valence-electron chi connectivity index (χ3n) is 2.94. The molecule has 0 amide bonds. The van der Waals surface area contributed by atoms with Crippen LogP contribution in [-0.2, 0) is 0 Å². The van der Waals surface area contributed by atoms with Crippen molar-refractivity contribution in [3.63, 3.8) is 0 Å². The van der Waals surface area contributed by atoms with E-state index in [1.54, 1.807) is 0 Å². The van der Waals surface area contributed by atoms with Crippen LogP contribution in [0.3, 0.4) is 0 Å². The van der Waals surface area contributed by atoms with Crippen LogP contribution in [0, 0.1) is 13.8 Å². The first kappa shape index (κ1) is 12.8. The van der Waals surface area contributed by atoms with Gasteiger partial charge in [0.05, 0.1) is 11.4 Å². The van der Waals surface area contributed by atoms with Gasteiger partial charge in [0.25, 0.3) is 0 Å². The summed E-state index contributed by atoms with van der Waals surface area (Å²) in [6, 6.07) is 12.9. The maximum Gasteiger partial charge on any atom is 0.0556 e. The van der Waals surface area contributed by atoms with E-state index in [9.17, 15) is 0 Å². The standard InChI is InChI=1S/C14H13NS.HI/c1-9-5-3-7-11-13(9)15-14-10(2)6-4-8-12(14)16-11;/h3-8,15H,1-2H3;1H. The third kappa shape index (κ3) is 2.18. The van der Waals surface area contributed by atoms with Crippen LogP contribution in [0.4, 0.5) is 11.4 Å². The lowest BCUT2D eigenvalue weighted by molar-refractivity contribution is 1.25. The fourth-order valence-electron chi connectivity index (χ4n) is 2.02. The Hall–Kier alpha value is -0.680.